The molecule has 0 bridgehead atoms. The Morgan fingerprint density at radius 2 is 2.24 bits per heavy atom. The Balaban J connectivity index is 2.13. The minimum absolute atomic E-state index is 0.346. The van der Waals surface area contributed by atoms with Crippen LogP contribution in [0.5, 0.6) is 0 Å². The summed E-state index contributed by atoms with van der Waals surface area (Å²) >= 11 is 6.01. The van der Waals surface area contributed by atoms with Gasteiger partial charge in [0.25, 0.3) is 0 Å². The Morgan fingerprint density at radius 1 is 1.35 bits per heavy atom. The van der Waals surface area contributed by atoms with E-state index in [1.54, 1.807) is 24.7 Å². The van der Waals surface area contributed by atoms with E-state index in [1.165, 1.54) is 0 Å². The van der Waals surface area contributed by atoms with Gasteiger partial charge in [-0.05, 0) is 17.7 Å². The lowest BCUT2D eigenvalue weighted by molar-refractivity contribution is 1.08. The number of anilines is 1. The first-order valence-electron chi connectivity index (χ1n) is 4.98. The molecule has 2 heterocycles. The Bertz CT molecular complexity index is 548. The highest BCUT2D eigenvalue weighted by Crippen LogP contribution is 2.22. The molecule has 0 unspecified atom stereocenters. The fourth-order valence-corrected chi connectivity index (χ4v) is 1.56. The van der Waals surface area contributed by atoms with Crippen LogP contribution in [0.2, 0.25) is 5.02 Å². The van der Waals surface area contributed by atoms with Crippen molar-refractivity contribution in [1.29, 1.82) is 5.26 Å². The van der Waals surface area contributed by atoms with E-state index in [9.17, 15) is 0 Å². The van der Waals surface area contributed by atoms with Crippen LogP contribution in [0.4, 0.5) is 5.82 Å². The Labute approximate surface area is 104 Å². The quantitative estimate of drug-likeness (QED) is 0.902. The van der Waals surface area contributed by atoms with E-state index in [2.05, 4.69) is 15.3 Å². The van der Waals surface area contributed by atoms with E-state index in [0.717, 1.165) is 5.56 Å². The molecule has 1 N–H and O–H groups in total. The van der Waals surface area contributed by atoms with Gasteiger partial charge in [-0.25, -0.2) is 4.98 Å². The normalized spacial score (nSPS) is 9.65. The Hall–Kier alpha value is -2.12. The van der Waals surface area contributed by atoms with Gasteiger partial charge in [0.05, 0.1) is 5.56 Å². The fraction of sp³-hybridized carbons (Fsp3) is 0.0833. The summed E-state index contributed by atoms with van der Waals surface area (Å²) in [5, 5.41) is 12.2. The molecule has 0 aliphatic rings. The number of nitriles is 1. The molecule has 0 aromatic carbocycles. The third-order valence-electron chi connectivity index (χ3n) is 2.19. The zero-order chi connectivity index (χ0) is 12.1. The molecular weight excluding hydrogens is 236 g/mol. The van der Waals surface area contributed by atoms with Crippen LogP contribution in [0, 0.1) is 11.3 Å². The minimum atomic E-state index is 0.346. The van der Waals surface area contributed by atoms with Crippen LogP contribution < -0.4 is 5.32 Å². The number of hydrogen-bond acceptors (Lipinski definition) is 4. The molecule has 0 atom stereocenters. The minimum Gasteiger partial charge on any atom is -0.365 e. The number of aromatic nitrogens is 2. The van der Waals surface area contributed by atoms with Crippen molar-refractivity contribution in [1.82, 2.24) is 9.97 Å². The van der Waals surface area contributed by atoms with Crippen LogP contribution >= 0.6 is 11.6 Å². The molecule has 0 aliphatic carbocycles. The van der Waals surface area contributed by atoms with Crippen molar-refractivity contribution in [2.45, 2.75) is 6.54 Å². The van der Waals surface area contributed by atoms with Crippen LogP contribution in [-0.2, 0) is 6.54 Å². The highest BCUT2D eigenvalue weighted by molar-refractivity contribution is 6.34. The van der Waals surface area contributed by atoms with E-state index in [0.29, 0.717) is 22.9 Å². The van der Waals surface area contributed by atoms with Gasteiger partial charge < -0.3 is 5.32 Å². The van der Waals surface area contributed by atoms with Crippen LogP contribution in [-0.4, -0.2) is 9.97 Å². The molecule has 2 aromatic heterocycles. The van der Waals surface area contributed by atoms with Crippen molar-refractivity contribution in [3.8, 4) is 6.07 Å². The first-order chi connectivity index (χ1) is 8.31. The lowest BCUT2D eigenvalue weighted by atomic mass is 10.2. The average molecular weight is 245 g/mol. The summed E-state index contributed by atoms with van der Waals surface area (Å²) in [5.74, 6) is 0.509. The van der Waals surface area contributed by atoms with E-state index >= 15 is 0 Å². The molecule has 0 saturated carbocycles. The molecular formula is C12H9ClN4. The van der Waals surface area contributed by atoms with Gasteiger partial charge in [0, 0.05) is 25.1 Å². The summed E-state index contributed by atoms with van der Waals surface area (Å²) < 4.78 is 0. The third-order valence-corrected chi connectivity index (χ3v) is 2.58. The second kappa shape index (κ2) is 5.28. The Morgan fingerprint density at radius 3 is 2.94 bits per heavy atom. The SMILES string of the molecule is N#Cc1ccnc(NCc2cccnc2)c1Cl. The summed E-state index contributed by atoms with van der Waals surface area (Å²) in [5.41, 5.74) is 1.43. The molecule has 4 nitrogen and oxygen atoms in total. The standard InChI is InChI=1S/C12H9ClN4/c13-11-10(6-14)3-5-16-12(11)17-8-9-2-1-4-15-7-9/h1-5,7H,8H2,(H,16,17). The number of hydrogen-bond donors (Lipinski definition) is 1. The topological polar surface area (TPSA) is 61.6 Å². The zero-order valence-electron chi connectivity index (χ0n) is 8.89. The monoisotopic (exact) mass is 244 g/mol. The number of halogens is 1. The van der Waals surface area contributed by atoms with Crippen LogP contribution in [0.3, 0.4) is 0 Å². The van der Waals surface area contributed by atoms with Crippen LogP contribution in [0.1, 0.15) is 11.1 Å². The summed E-state index contributed by atoms with van der Waals surface area (Å²) in [4.78, 5) is 8.09. The molecule has 0 fully saturated rings. The van der Waals surface area contributed by atoms with E-state index < -0.39 is 0 Å². The molecule has 0 saturated heterocycles. The Kier molecular flexibility index (Phi) is 3.53. The van der Waals surface area contributed by atoms with Gasteiger partial charge in [0.15, 0.2) is 0 Å². The van der Waals surface area contributed by atoms with Gasteiger partial charge in [0.2, 0.25) is 0 Å². The van der Waals surface area contributed by atoms with Crippen LogP contribution in [0.25, 0.3) is 0 Å². The predicted molar refractivity (Wildman–Crippen MR) is 65.5 cm³/mol. The molecule has 0 spiro atoms. The number of nitrogens with zero attached hydrogens (tertiary/aromatic N) is 3. The van der Waals surface area contributed by atoms with E-state index in [4.69, 9.17) is 16.9 Å². The van der Waals surface area contributed by atoms with E-state index in [1.807, 2.05) is 18.2 Å². The van der Waals surface area contributed by atoms with Crippen molar-refractivity contribution in [2.75, 3.05) is 5.32 Å². The smallest absolute Gasteiger partial charge is 0.146 e. The van der Waals surface area contributed by atoms with Gasteiger partial charge in [-0.3, -0.25) is 4.98 Å². The molecule has 2 rings (SSSR count). The van der Waals surface area contributed by atoms with Crippen molar-refractivity contribution in [3.63, 3.8) is 0 Å². The van der Waals surface area contributed by atoms with Crippen molar-refractivity contribution in [3.05, 3.63) is 52.9 Å². The third kappa shape index (κ3) is 2.71. The van der Waals surface area contributed by atoms with Crippen molar-refractivity contribution >= 4 is 17.4 Å². The average Bonchev–Trinajstić information content (AvgIpc) is 2.39. The second-order valence-corrected chi connectivity index (χ2v) is 3.73. The number of nitrogens with one attached hydrogen (secondary N) is 1. The van der Waals surface area contributed by atoms with Gasteiger partial charge in [-0.15, -0.1) is 0 Å². The second-order valence-electron chi connectivity index (χ2n) is 3.35. The first-order valence-corrected chi connectivity index (χ1v) is 5.36. The van der Waals surface area contributed by atoms with Crippen molar-refractivity contribution in [2.24, 2.45) is 0 Å². The molecule has 2 aromatic rings. The molecule has 84 valence electrons. The maximum absolute atomic E-state index is 8.83. The van der Waals surface area contributed by atoms with Gasteiger partial charge in [-0.2, -0.15) is 5.26 Å². The highest BCUT2D eigenvalue weighted by atomic mass is 35.5. The largest absolute Gasteiger partial charge is 0.365 e. The lowest BCUT2D eigenvalue weighted by Gasteiger charge is -2.07. The van der Waals surface area contributed by atoms with Crippen LogP contribution in [0.15, 0.2) is 36.8 Å². The number of rotatable bonds is 3. The molecule has 0 amide bonds. The maximum atomic E-state index is 8.83. The number of pyridine rings is 2. The molecule has 0 radical (unpaired) electrons. The van der Waals surface area contributed by atoms with E-state index in [-0.39, 0.29) is 0 Å². The van der Waals surface area contributed by atoms with Gasteiger partial charge in [-0.1, -0.05) is 17.7 Å². The molecule has 17 heavy (non-hydrogen) atoms. The molecule has 5 heteroatoms. The fourth-order valence-electron chi connectivity index (χ4n) is 1.34. The van der Waals surface area contributed by atoms with Gasteiger partial charge in [0.1, 0.15) is 16.9 Å². The summed E-state index contributed by atoms with van der Waals surface area (Å²) in [6.07, 6.45) is 5.02. The summed E-state index contributed by atoms with van der Waals surface area (Å²) in [6.45, 7) is 0.565. The maximum Gasteiger partial charge on any atom is 0.146 e. The highest BCUT2D eigenvalue weighted by Gasteiger charge is 2.06. The predicted octanol–water partition coefficient (Wildman–Crippen LogP) is 2.61. The van der Waals surface area contributed by atoms with Crippen molar-refractivity contribution < 1.29 is 0 Å². The zero-order valence-corrected chi connectivity index (χ0v) is 9.65. The van der Waals surface area contributed by atoms with Gasteiger partial charge >= 0.3 is 0 Å². The lowest BCUT2D eigenvalue weighted by Crippen LogP contribution is -2.02. The first kappa shape index (κ1) is 11.4. The molecule has 0 aliphatic heterocycles. The summed E-state index contributed by atoms with van der Waals surface area (Å²) in [7, 11) is 0. The summed E-state index contributed by atoms with van der Waals surface area (Å²) in [6, 6.07) is 7.40.